The third-order valence-electron chi connectivity index (χ3n) is 12.5. The molecule has 352 valence electrons. The average molecular weight is 942 g/mol. The number of H-pyrrole nitrogens is 1. The molecule has 0 bridgehead atoms. The standard InChI is InChI=1S/C54H64N3O8PSi/c1-39(2)57(40(3)4)66(63-34-18-19-35-67(8,47-22-14-10-15-23-47)48-24-16-11-17-25-48)65-49-36-51(56-37-41(5)52(58)55-53(56)59)64-50(49)38-62-54(42-20-12-9-13-21-42,43-26-30-45(60-6)31-27-43)44-28-32-46(61-7)33-29-44/h9-33,37,39-40,49-51H,34-36,38H2,1-8H3,(H,55,58,59)/t49-,50+,51+,66?/m0/s1. The van der Waals surface area contributed by atoms with Crippen LogP contribution in [0.1, 0.15) is 62.6 Å². The molecule has 1 aliphatic heterocycles. The monoisotopic (exact) mass is 941 g/mol. The van der Waals surface area contributed by atoms with Gasteiger partial charge in [-0.1, -0.05) is 144 Å². The molecule has 0 spiro atoms. The van der Waals surface area contributed by atoms with Crippen molar-refractivity contribution in [3.63, 3.8) is 0 Å². The summed E-state index contributed by atoms with van der Waals surface area (Å²) >= 11 is 0. The molecule has 67 heavy (non-hydrogen) atoms. The van der Waals surface area contributed by atoms with E-state index in [2.05, 4.69) is 129 Å². The van der Waals surface area contributed by atoms with Crippen molar-refractivity contribution in [2.24, 2.45) is 0 Å². The van der Waals surface area contributed by atoms with Crippen LogP contribution in [0.15, 0.2) is 167 Å². The molecule has 7 rings (SSSR count). The number of allylic oxidation sites excluding steroid dienone is 1. The number of ether oxygens (including phenoxy) is 4. The second kappa shape index (κ2) is 22.6. The van der Waals surface area contributed by atoms with E-state index in [1.54, 1.807) is 27.3 Å². The third-order valence-corrected chi connectivity index (χ3v) is 18.9. The fourth-order valence-electron chi connectivity index (χ4n) is 8.96. The molecule has 0 radical (unpaired) electrons. The van der Waals surface area contributed by atoms with Gasteiger partial charge in [-0.15, -0.1) is 0 Å². The van der Waals surface area contributed by atoms with Crippen LogP contribution >= 0.6 is 8.53 Å². The predicted molar refractivity (Wildman–Crippen MR) is 270 cm³/mol. The van der Waals surface area contributed by atoms with Gasteiger partial charge in [0.1, 0.15) is 37.5 Å². The van der Waals surface area contributed by atoms with Gasteiger partial charge in [0.05, 0.1) is 33.5 Å². The Bertz CT molecular complexity index is 2530. The Hall–Kier alpha value is -5.43. The fourth-order valence-corrected chi connectivity index (χ4v) is 14.0. The molecule has 1 saturated heterocycles. The van der Waals surface area contributed by atoms with Crippen molar-refractivity contribution < 1.29 is 28.0 Å². The van der Waals surface area contributed by atoms with Crippen molar-refractivity contribution in [2.45, 2.75) is 89.8 Å². The van der Waals surface area contributed by atoms with Crippen LogP contribution in [-0.4, -0.2) is 74.0 Å². The zero-order chi connectivity index (χ0) is 47.6. The van der Waals surface area contributed by atoms with E-state index < -0.39 is 51.9 Å². The molecule has 6 aromatic rings. The van der Waals surface area contributed by atoms with Gasteiger partial charge in [0, 0.05) is 30.3 Å². The summed E-state index contributed by atoms with van der Waals surface area (Å²) in [6, 6.07) is 48.5. The maximum absolute atomic E-state index is 13.4. The molecule has 1 N–H and O–H groups in total. The number of aromatic nitrogens is 2. The highest BCUT2D eigenvalue weighted by molar-refractivity contribution is 7.44. The lowest BCUT2D eigenvalue weighted by molar-refractivity contribution is -0.0925. The first-order valence-electron chi connectivity index (χ1n) is 23.0. The van der Waals surface area contributed by atoms with Crippen molar-refractivity contribution in [1.82, 2.24) is 14.2 Å². The van der Waals surface area contributed by atoms with Gasteiger partial charge in [-0.3, -0.25) is 14.3 Å². The lowest BCUT2D eigenvalue weighted by atomic mass is 9.80. The second-order valence-electron chi connectivity index (χ2n) is 17.6. The quantitative estimate of drug-likeness (QED) is 0.0327. The van der Waals surface area contributed by atoms with E-state index in [9.17, 15) is 9.59 Å². The molecule has 0 saturated carbocycles. The van der Waals surface area contributed by atoms with Crippen LogP contribution in [0.5, 0.6) is 11.5 Å². The first-order chi connectivity index (χ1) is 32.4. The SMILES string of the molecule is COc1ccc(C(OC[C@H]2O[C@@H](n3cc(C)c(=O)[nH]c3=O)C[C@@H]2OP(OCC=CC[Si](C)(c2ccccc2)c2ccccc2)N(C(C)C)C(C)C)(c2ccccc2)c2ccc(OC)cc2)cc1. The van der Waals surface area contributed by atoms with Crippen molar-refractivity contribution in [1.29, 1.82) is 0 Å². The van der Waals surface area contributed by atoms with Crippen molar-refractivity contribution in [2.75, 3.05) is 27.4 Å². The molecule has 1 unspecified atom stereocenters. The van der Waals surface area contributed by atoms with E-state index in [1.165, 1.54) is 14.9 Å². The molecule has 13 heteroatoms. The van der Waals surface area contributed by atoms with Crippen LogP contribution in [0.3, 0.4) is 0 Å². The van der Waals surface area contributed by atoms with Gasteiger partial charge in [-0.2, -0.15) is 0 Å². The van der Waals surface area contributed by atoms with Crippen molar-refractivity contribution >= 4 is 27.0 Å². The summed E-state index contributed by atoms with van der Waals surface area (Å²) in [4.78, 5) is 28.4. The largest absolute Gasteiger partial charge is 0.497 e. The van der Waals surface area contributed by atoms with Gasteiger partial charge in [-0.05, 0) is 81.6 Å². The van der Waals surface area contributed by atoms with Crippen molar-refractivity contribution in [3.05, 3.63) is 201 Å². The lowest BCUT2D eigenvalue weighted by Gasteiger charge is -2.39. The summed E-state index contributed by atoms with van der Waals surface area (Å²) < 4.78 is 43.1. The highest BCUT2D eigenvalue weighted by Gasteiger charge is 2.45. The first kappa shape index (κ1) is 49.5. The highest BCUT2D eigenvalue weighted by atomic mass is 31.2. The Morgan fingerprint density at radius 3 is 1.78 bits per heavy atom. The number of hydrogen-bond donors (Lipinski definition) is 1. The topological polar surface area (TPSA) is 113 Å². The van der Waals surface area contributed by atoms with E-state index >= 15 is 0 Å². The molecule has 2 heterocycles. The fraction of sp³-hybridized carbons (Fsp3) is 0.333. The Morgan fingerprint density at radius 2 is 1.27 bits per heavy atom. The van der Waals surface area contributed by atoms with E-state index in [1.807, 2.05) is 66.7 Å². The maximum Gasteiger partial charge on any atom is 0.330 e. The van der Waals surface area contributed by atoms with E-state index in [4.69, 9.17) is 28.0 Å². The number of nitrogens with zero attached hydrogens (tertiary/aromatic N) is 2. The number of aromatic amines is 1. The first-order valence-corrected chi connectivity index (χ1v) is 26.8. The molecule has 0 amide bonds. The summed E-state index contributed by atoms with van der Waals surface area (Å²) in [6.45, 7) is 13.0. The zero-order valence-electron chi connectivity index (χ0n) is 39.8. The van der Waals surface area contributed by atoms with Crippen LogP contribution in [-0.2, 0) is 24.1 Å². The number of hydrogen-bond acceptors (Lipinski definition) is 9. The molecule has 5 aromatic carbocycles. The Kier molecular flexibility index (Phi) is 16.7. The minimum atomic E-state index is -2.11. The molecule has 11 nitrogen and oxygen atoms in total. The van der Waals surface area contributed by atoms with Gasteiger partial charge in [0.2, 0.25) is 0 Å². The van der Waals surface area contributed by atoms with Crippen LogP contribution < -0.4 is 31.1 Å². The Morgan fingerprint density at radius 1 is 0.761 bits per heavy atom. The molecular formula is C54H64N3O8PSi. The van der Waals surface area contributed by atoms with Crippen LogP contribution in [0.25, 0.3) is 0 Å². The number of benzene rings is 5. The molecular weight excluding hydrogens is 878 g/mol. The average Bonchev–Trinajstić information content (AvgIpc) is 3.75. The molecule has 1 fully saturated rings. The number of aryl methyl sites for hydroxylation is 1. The van der Waals surface area contributed by atoms with Gasteiger partial charge in [0.15, 0.2) is 0 Å². The number of methoxy groups -OCH3 is 2. The summed E-state index contributed by atoms with van der Waals surface area (Å²) in [6.07, 6.45) is 4.18. The second-order valence-corrected chi connectivity index (χ2v) is 23.3. The van der Waals surface area contributed by atoms with Crippen LogP contribution in [0.4, 0.5) is 0 Å². The number of nitrogens with one attached hydrogen (secondary N) is 1. The van der Waals surface area contributed by atoms with E-state index in [-0.39, 0.29) is 18.7 Å². The minimum Gasteiger partial charge on any atom is -0.497 e. The van der Waals surface area contributed by atoms with E-state index in [0.717, 1.165) is 22.7 Å². The van der Waals surface area contributed by atoms with Gasteiger partial charge >= 0.3 is 5.69 Å². The zero-order valence-corrected chi connectivity index (χ0v) is 41.7. The molecule has 0 aliphatic carbocycles. The minimum absolute atomic E-state index is 0.0554. The number of rotatable bonds is 21. The van der Waals surface area contributed by atoms with Crippen LogP contribution in [0, 0.1) is 6.92 Å². The summed E-state index contributed by atoms with van der Waals surface area (Å²) in [5, 5.41) is 2.75. The lowest BCUT2D eigenvalue weighted by Crippen LogP contribution is -2.55. The van der Waals surface area contributed by atoms with Gasteiger partial charge < -0.3 is 28.0 Å². The Labute approximate surface area is 397 Å². The molecule has 1 aromatic heterocycles. The normalized spacial score (nSPS) is 17.1. The molecule has 4 atom stereocenters. The van der Waals surface area contributed by atoms with E-state index in [0.29, 0.717) is 30.1 Å². The predicted octanol–water partition coefficient (Wildman–Crippen LogP) is 9.36. The van der Waals surface area contributed by atoms with Gasteiger partial charge in [0.25, 0.3) is 14.1 Å². The van der Waals surface area contributed by atoms with Gasteiger partial charge in [-0.25, -0.2) is 9.46 Å². The summed E-state index contributed by atoms with van der Waals surface area (Å²) in [5.74, 6) is 1.42. The van der Waals surface area contributed by atoms with Crippen molar-refractivity contribution in [3.8, 4) is 11.5 Å². The molecule has 1 aliphatic rings. The highest BCUT2D eigenvalue weighted by Crippen LogP contribution is 2.50. The summed E-state index contributed by atoms with van der Waals surface area (Å²) in [7, 11) is -0.494. The van der Waals surface area contributed by atoms with Crippen LogP contribution in [0.2, 0.25) is 12.6 Å². The maximum atomic E-state index is 13.4. The third kappa shape index (κ3) is 11.3. The smallest absolute Gasteiger partial charge is 0.330 e. The summed E-state index contributed by atoms with van der Waals surface area (Å²) in [5.41, 5.74) is 0.881. The Balaban J connectivity index is 1.23.